The summed E-state index contributed by atoms with van der Waals surface area (Å²) in [4.78, 5) is 26.0. The Hall–Kier alpha value is -1.10. The van der Waals surface area contributed by atoms with E-state index in [0.717, 1.165) is 32.1 Å². The van der Waals surface area contributed by atoms with Crippen LogP contribution in [0.5, 0.6) is 0 Å². The van der Waals surface area contributed by atoms with E-state index in [-0.39, 0.29) is 17.9 Å². The molecule has 3 aliphatic rings. The Balaban J connectivity index is 1.79. The number of carbonyl (C=O) groups excluding carboxylic acids is 1. The highest BCUT2D eigenvalue weighted by molar-refractivity contribution is 5.86. The lowest BCUT2D eigenvalue weighted by Gasteiger charge is -2.36. The van der Waals surface area contributed by atoms with Crippen molar-refractivity contribution in [1.29, 1.82) is 0 Å². The van der Waals surface area contributed by atoms with Gasteiger partial charge in [-0.3, -0.25) is 4.79 Å². The molecule has 0 aromatic heterocycles. The number of rotatable bonds is 2. The maximum Gasteiger partial charge on any atom is 0.326 e. The van der Waals surface area contributed by atoms with Crippen LogP contribution in [-0.4, -0.2) is 47.2 Å². The number of ether oxygens (including phenoxy) is 1. The molecule has 2 saturated heterocycles. The molecule has 20 heavy (non-hydrogen) atoms. The first-order valence-electron chi connectivity index (χ1n) is 7.81. The molecule has 3 atom stereocenters. The predicted molar refractivity (Wildman–Crippen MR) is 72.2 cm³/mol. The highest BCUT2D eigenvalue weighted by Crippen LogP contribution is 2.41. The van der Waals surface area contributed by atoms with Crippen molar-refractivity contribution in [3.63, 3.8) is 0 Å². The van der Waals surface area contributed by atoms with Gasteiger partial charge in [0.2, 0.25) is 5.91 Å². The van der Waals surface area contributed by atoms with Crippen LogP contribution in [0.4, 0.5) is 0 Å². The van der Waals surface area contributed by atoms with E-state index in [4.69, 9.17) is 4.74 Å². The molecule has 112 valence electrons. The van der Waals surface area contributed by atoms with Gasteiger partial charge >= 0.3 is 5.97 Å². The van der Waals surface area contributed by atoms with Crippen LogP contribution < -0.4 is 0 Å². The lowest BCUT2D eigenvalue weighted by atomic mass is 9.84. The maximum absolute atomic E-state index is 12.8. The number of carboxylic acids is 1. The fourth-order valence-corrected chi connectivity index (χ4v) is 4.15. The number of likely N-dealkylation sites (tertiary alicyclic amines) is 1. The molecule has 0 spiro atoms. The standard InChI is InChI=1S/C15H23NO4/c17-14(10-5-7-20-8-6-10)16-12-4-2-1-3-11(12)9-13(16)15(18)19/h10-13H,1-9H2,(H,18,19). The van der Waals surface area contributed by atoms with Crippen LogP contribution in [0.25, 0.3) is 0 Å². The molecule has 0 bridgehead atoms. The van der Waals surface area contributed by atoms with E-state index in [9.17, 15) is 14.7 Å². The molecule has 0 radical (unpaired) electrons. The molecule has 2 aliphatic heterocycles. The number of carboxylic acid groups (broad SMARTS) is 1. The summed E-state index contributed by atoms with van der Waals surface area (Å²) in [5, 5.41) is 9.46. The smallest absolute Gasteiger partial charge is 0.326 e. The van der Waals surface area contributed by atoms with Gasteiger partial charge in [-0.25, -0.2) is 4.79 Å². The first-order valence-corrected chi connectivity index (χ1v) is 7.81. The third-order valence-corrected chi connectivity index (χ3v) is 5.20. The number of hydrogen-bond donors (Lipinski definition) is 1. The van der Waals surface area contributed by atoms with Crippen molar-refractivity contribution in [2.45, 2.75) is 57.0 Å². The summed E-state index contributed by atoms with van der Waals surface area (Å²) in [7, 11) is 0. The molecule has 0 aromatic carbocycles. The summed E-state index contributed by atoms with van der Waals surface area (Å²) in [6, 6.07) is -0.432. The van der Waals surface area contributed by atoms with Crippen LogP contribution in [0, 0.1) is 11.8 Å². The molecule has 1 saturated carbocycles. The minimum Gasteiger partial charge on any atom is -0.480 e. The maximum atomic E-state index is 12.8. The summed E-state index contributed by atoms with van der Waals surface area (Å²) in [5.41, 5.74) is 0. The molecule has 3 rings (SSSR count). The lowest BCUT2D eigenvalue weighted by molar-refractivity contribution is -0.153. The van der Waals surface area contributed by atoms with Gasteiger partial charge in [-0.05, 0) is 38.0 Å². The summed E-state index contributed by atoms with van der Waals surface area (Å²) in [6.07, 6.45) is 6.46. The molecule has 0 aromatic rings. The second kappa shape index (κ2) is 5.72. The zero-order valence-corrected chi connectivity index (χ0v) is 11.8. The average molecular weight is 281 g/mol. The number of fused-ring (bicyclic) bond motifs is 1. The van der Waals surface area contributed by atoms with Crippen molar-refractivity contribution < 1.29 is 19.4 Å². The van der Waals surface area contributed by atoms with E-state index < -0.39 is 12.0 Å². The fraction of sp³-hybridized carbons (Fsp3) is 0.867. The molecular formula is C15H23NO4. The molecule has 3 fully saturated rings. The SMILES string of the molecule is O=C(O)C1CC2CCCCC2N1C(=O)C1CCOCC1. The van der Waals surface area contributed by atoms with Crippen LogP contribution >= 0.6 is 0 Å². The van der Waals surface area contributed by atoms with Crippen molar-refractivity contribution in [3.8, 4) is 0 Å². The van der Waals surface area contributed by atoms with Gasteiger partial charge in [0.1, 0.15) is 6.04 Å². The molecule has 3 unspecified atom stereocenters. The van der Waals surface area contributed by atoms with Crippen LogP contribution in [0.3, 0.4) is 0 Å². The number of amides is 1. The van der Waals surface area contributed by atoms with E-state index in [0.29, 0.717) is 25.6 Å². The Morgan fingerprint density at radius 2 is 1.75 bits per heavy atom. The molecule has 5 nitrogen and oxygen atoms in total. The van der Waals surface area contributed by atoms with Crippen molar-refractivity contribution in [2.24, 2.45) is 11.8 Å². The van der Waals surface area contributed by atoms with Crippen molar-refractivity contribution >= 4 is 11.9 Å². The highest BCUT2D eigenvalue weighted by atomic mass is 16.5. The number of nitrogens with zero attached hydrogens (tertiary/aromatic N) is 1. The van der Waals surface area contributed by atoms with E-state index in [1.165, 1.54) is 6.42 Å². The van der Waals surface area contributed by atoms with Crippen molar-refractivity contribution in [1.82, 2.24) is 4.90 Å². The van der Waals surface area contributed by atoms with Gasteiger partial charge in [-0.1, -0.05) is 12.8 Å². The first kappa shape index (κ1) is 13.9. The van der Waals surface area contributed by atoms with Crippen molar-refractivity contribution in [2.75, 3.05) is 13.2 Å². The van der Waals surface area contributed by atoms with Crippen LogP contribution in [0.2, 0.25) is 0 Å². The zero-order valence-electron chi connectivity index (χ0n) is 11.8. The average Bonchev–Trinajstić information content (AvgIpc) is 2.87. The third-order valence-electron chi connectivity index (χ3n) is 5.20. The molecule has 1 amide bonds. The van der Waals surface area contributed by atoms with Gasteiger partial charge in [-0.15, -0.1) is 0 Å². The summed E-state index contributed by atoms with van der Waals surface area (Å²) in [5.74, 6) is -0.408. The highest BCUT2D eigenvalue weighted by Gasteiger charge is 2.48. The molecule has 1 N–H and O–H groups in total. The quantitative estimate of drug-likeness (QED) is 0.836. The third kappa shape index (κ3) is 2.43. The van der Waals surface area contributed by atoms with Crippen molar-refractivity contribution in [3.05, 3.63) is 0 Å². The number of aliphatic carboxylic acids is 1. The normalized spacial score (nSPS) is 34.8. The molecule has 1 aliphatic carbocycles. The Kier molecular flexibility index (Phi) is 3.96. The van der Waals surface area contributed by atoms with E-state index in [1.807, 2.05) is 0 Å². The molecular weight excluding hydrogens is 258 g/mol. The van der Waals surface area contributed by atoms with Gasteiger partial charge in [0.15, 0.2) is 0 Å². The Bertz CT molecular complexity index is 391. The van der Waals surface area contributed by atoms with Crippen LogP contribution in [0.15, 0.2) is 0 Å². The predicted octanol–water partition coefficient (Wildman–Crippen LogP) is 1.66. The van der Waals surface area contributed by atoms with E-state index >= 15 is 0 Å². The summed E-state index contributed by atoms with van der Waals surface area (Å²) in [6.45, 7) is 1.24. The monoisotopic (exact) mass is 281 g/mol. The number of carbonyl (C=O) groups is 2. The summed E-state index contributed by atoms with van der Waals surface area (Å²) < 4.78 is 5.31. The lowest BCUT2D eigenvalue weighted by Crippen LogP contribution is -2.49. The van der Waals surface area contributed by atoms with Gasteiger partial charge in [-0.2, -0.15) is 0 Å². The van der Waals surface area contributed by atoms with Crippen LogP contribution in [-0.2, 0) is 14.3 Å². The fourth-order valence-electron chi connectivity index (χ4n) is 4.15. The largest absolute Gasteiger partial charge is 0.480 e. The first-order chi connectivity index (χ1) is 9.68. The summed E-state index contributed by atoms with van der Waals surface area (Å²) >= 11 is 0. The second-order valence-electron chi connectivity index (χ2n) is 6.33. The van der Waals surface area contributed by atoms with E-state index in [2.05, 4.69) is 0 Å². The molecule has 2 heterocycles. The molecule has 5 heteroatoms. The van der Waals surface area contributed by atoms with Gasteiger partial charge in [0, 0.05) is 25.2 Å². The van der Waals surface area contributed by atoms with Gasteiger partial charge < -0.3 is 14.7 Å². The van der Waals surface area contributed by atoms with E-state index in [1.54, 1.807) is 4.90 Å². The van der Waals surface area contributed by atoms with Gasteiger partial charge in [0.25, 0.3) is 0 Å². The minimum absolute atomic E-state index is 0.0359. The Morgan fingerprint density at radius 1 is 1.05 bits per heavy atom. The number of hydrogen-bond acceptors (Lipinski definition) is 3. The second-order valence-corrected chi connectivity index (χ2v) is 6.33. The topological polar surface area (TPSA) is 66.8 Å². The van der Waals surface area contributed by atoms with Gasteiger partial charge in [0.05, 0.1) is 0 Å². The Labute approximate surface area is 119 Å². The Morgan fingerprint density at radius 3 is 2.45 bits per heavy atom. The zero-order chi connectivity index (χ0) is 14.1. The minimum atomic E-state index is -0.834. The van der Waals surface area contributed by atoms with Crippen LogP contribution in [0.1, 0.15) is 44.9 Å².